The largest absolute Gasteiger partial charge is 0.321 e. The summed E-state index contributed by atoms with van der Waals surface area (Å²) in [5, 5.41) is 0. The van der Waals surface area contributed by atoms with Crippen LogP contribution in [0, 0.1) is 0 Å². The van der Waals surface area contributed by atoms with E-state index in [1.165, 1.54) is 5.56 Å². The van der Waals surface area contributed by atoms with Crippen molar-refractivity contribution in [1.82, 2.24) is 4.98 Å². The molecule has 2 N–H and O–H groups in total. The summed E-state index contributed by atoms with van der Waals surface area (Å²) >= 11 is 0. The standard InChI is InChI=1S/C11H18N2/c1-8(2)9-6-5-7-13-10(9)11(3,4)12/h5-8H,12H2,1-4H3. The summed E-state index contributed by atoms with van der Waals surface area (Å²) in [4.78, 5) is 4.35. The highest BCUT2D eigenvalue weighted by atomic mass is 14.8. The monoisotopic (exact) mass is 178 g/mol. The molecule has 0 amide bonds. The van der Waals surface area contributed by atoms with Crippen molar-refractivity contribution in [3.63, 3.8) is 0 Å². The average molecular weight is 178 g/mol. The van der Waals surface area contributed by atoms with Crippen LogP contribution in [-0.4, -0.2) is 4.98 Å². The van der Waals surface area contributed by atoms with Gasteiger partial charge in [0.1, 0.15) is 0 Å². The highest BCUT2D eigenvalue weighted by molar-refractivity contribution is 5.28. The van der Waals surface area contributed by atoms with Gasteiger partial charge in [0.25, 0.3) is 0 Å². The fourth-order valence-electron chi connectivity index (χ4n) is 1.42. The molecule has 0 fully saturated rings. The van der Waals surface area contributed by atoms with Crippen LogP contribution >= 0.6 is 0 Å². The number of pyridine rings is 1. The average Bonchev–Trinajstić information content (AvgIpc) is 2.03. The molecule has 2 heteroatoms. The first-order valence-electron chi connectivity index (χ1n) is 4.67. The van der Waals surface area contributed by atoms with Gasteiger partial charge < -0.3 is 5.73 Å². The van der Waals surface area contributed by atoms with Crippen molar-refractivity contribution < 1.29 is 0 Å². The molecule has 0 unspecified atom stereocenters. The Bertz CT molecular complexity index is 284. The van der Waals surface area contributed by atoms with E-state index in [9.17, 15) is 0 Å². The van der Waals surface area contributed by atoms with Crippen LogP contribution in [0.25, 0.3) is 0 Å². The lowest BCUT2D eigenvalue weighted by atomic mass is 9.91. The van der Waals surface area contributed by atoms with E-state index in [-0.39, 0.29) is 5.54 Å². The number of hydrogen-bond acceptors (Lipinski definition) is 2. The summed E-state index contributed by atoms with van der Waals surface area (Å²) < 4.78 is 0. The molecule has 0 spiro atoms. The zero-order valence-corrected chi connectivity index (χ0v) is 8.83. The van der Waals surface area contributed by atoms with Gasteiger partial charge in [0.2, 0.25) is 0 Å². The molecule has 0 bridgehead atoms. The van der Waals surface area contributed by atoms with Crippen LogP contribution in [0.3, 0.4) is 0 Å². The lowest BCUT2D eigenvalue weighted by Crippen LogP contribution is -2.31. The molecule has 0 saturated carbocycles. The SMILES string of the molecule is CC(C)c1cccnc1C(C)(C)N. The lowest BCUT2D eigenvalue weighted by molar-refractivity contribution is 0.523. The van der Waals surface area contributed by atoms with Gasteiger partial charge in [-0.2, -0.15) is 0 Å². The molecule has 0 radical (unpaired) electrons. The number of nitrogens with zero attached hydrogens (tertiary/aromatic N) is 1. The maximum Gasteiger partial charge on any atom is 0.0631 e. The molecule has 0 saturated heterocycles. The normalized spacial score (nSPS) is 12.2. The van der Waals surface area contributed by atoms with E-state index in [1.54, 1.807) is 6.20 Å². The molecule has 2 nitrogen and oxygen atoms in total. The van der Waals surface area contributed by atoms with Gasteiger partial charge in [-0.25, -0.2) is 0 Å². The van der Waals surface area contributed by atoms with E-state index in [2.05, 4.69) is 24.9 Å². The Balaban J connectivity index is 3.20. The van der Waals surface area contributed by atoms with E-state index in [1.807, 2.05) is 19.9 Å². The molecule has 0 aliphatic carbocycles. The summed E-state index contributed by atoms with van der Waals surface area (Å²) in [5.74, 6) is 0.478. The van der Waals surface area contributed by atoms with Crippen molar-refractivity contribution in [2.24, 2.45) is 5.73 Å². The Morgan fingerprint density at radius 3 is 2.38 bits per heavy atom. The quantitative estimate of drug-likeness (QED) is 0.755. The van der Waals surface area contributed by atoms with Crippen LogP contribution in [0.15, 0.2) is 18.3 Å². The molecule has 0 aliphatic heterocycles. The Hall–Kier alpha value is -0.890. The van der Waals surface area contributed by atoms with Gasteiger partial charge in [0.15, 0.2) is 0 Å². The summed E-state index contributed by atoms with van der Waals surface area (Å²) in [6.45, 7) is 8.29. The van der Waals surface area contributed by atoms with E-state index < -0.39 is 0 Å². The third-order valence-electron chi connectivity index (χ3n) is 2.07. The van der Waals surface area contributed by atoms with Crippen molar-refractivity contribution in [2.75, 3.05) is 0 Å². The summed E-state index contributed by atoms with van der Waals surface area (Å²) in [6.07, 6.45) is 1.80. The molecule has 72 valence electrons. The molecule has 0 atom stereocenters. The van der Waals surface area contributed by atoms with Gasteiger partial charge >= 0.3 is 0 Å². The number of nitrogens with two attached hydrogens (primary N) is 1. The molecule has 0 aliphatic rings. The first-order valence-corrected chi connectivity index (χ1v) is 4.67. The van der Waals surface area contributed by atoms with Crippen LogP contribution in [-0.2, 0) is 5.54 Å². The summed E-state index contributed by atoms with van der Waals surface area (Å²) in [6, 6.07) is 4.06. The second-order valence-electron chi connectivity index (χ2n) is 4.32. The second-order valence-corrected chi connectivity index (χ2v) is 4.32. The van der Waals surface area contributed by atoms with Crippen LogP contribution in [0.5, 0.6) is 0 Å². The van der Waals surface area contributed by atoms with E-state index in [0.717, 1.165) is 5.69 Å². The maximum atomic E-state index is 6.03. The minimum absolute atomic E-state index is 0.346. The Morgan fingerprint density at radius 1 is 1.38 bits per heavy atom. The van der Waals surface area contributed by atoms with Crippen LogP contribution < -0.4 is 5.73 Å². The number of rotatable bonds is 2. The van der Waals surface area contributed by atoms with Crippen molar-refractivity contribution in [1.29, 1.82) is 0 Å². The highest BCUT2D eigenvalue weighted by Gasteiger charge is 2.20. The van der Waals surface area contributed by atoms with Crippen molar-refractivity contribution >= 4 is 0 Å². The van der Waals surface area contributed by atoms with Gasteiger partial charge in [-0.05, 0) is 31.4 Å². The fraction of sp³-hybridized carbons (Fsp3) is 0.545. The van der Waals surface area contributed by atoms with Gasteiger partial charge in [-0.3, -0.25) is 4.98 Å². The van der Waals surface area contributed by atoms with Crippen LogP contribution in [0.4, 0.5) is 0 Å². The minimum atomic E-state index is -0.346. The predicted molar refractivity (Wildman–Crippen MR) is 55.5 cm³/mol. The van der Waals surface area contributed by atoms with E-state index >= 15 is 0 Å². The first-order chi connectivity index (χ1) is 5.93. The smallest absolute Gasteiger partial charge is 0.0631 e. The van der Waals surface area contributed by atoms with Gasteiger partial charge in [0, 0.05) is 6.20 Å². The van der Waals surface area contributed by atoms with Gasteiger partial charge in [-0.1, -0.05) is 19.9 Å². The Labute approximate surface area is 80.2 Å². The first kappa shape index (κ1) is 10.2. The molecule has 1 heterocycles. The summed E-state index contributed by atoms with van der Waals surface area (Å²) in [7, 11) is 0. The lowest BCUT2D eigenvalue weighted by Gasteiger charge is -2.22. The zero-order valence-electron chi connectivity index (χ0n) is 8.83. The highest BCUT2D eigenvalue weighted by Crippen LogP contribution is 2.24. The predicted octanol–water partition coefficient (Wildman–Crippen LogP) is 2.40. The third-order valence-corrected chi connectivity index (χ3v) is 2.07. The van der Waals surface area contributed by atoms with Crippen molar-refractivity contribution in [2.45, 2.75) is 39.2 Å². The fourth-order valence-corrected chi connectivity index (χ4v) is 1.42. The molecule has 13 heavy (non-hydrogen) atoms. The molecule has 1 aromatic heterocycles. The Morgan fingerprint density at radius 2 is 2.00 bits per heavy atom. The maximum absolute atomic E-state index is 6.03. The topological polar surface area (TPSA) is 38.9 Å². The van der Waals surface area contributed by atoms with Crippen LogP contribution in [0.2, 0.25) is 0 Å². The molecular formula is C11H18N2. The van der Waals surface area contributed by atoms with E-state index in [0.29, 0.717) is 5.92 Å². The van der Waals surface area contributed by atoms with Gasteiger partial charge in [-0.15, -0.1) is 0 Å². The van der Waals surface area contributed by atoms with Crippen LogP contribution in [0.1, 0.15) is 44.9 Å². The van der Waals surface area contributed by atoms with Gasteiger partial charge in [0.05, 0.1) is 11.2 Å². The van der Waals surface area contributed by atoms with E-state index in [4.69, 9.17) is 5.73 Å². The number of aromatic nitrogens is 1. The van der Waals surface area contributed by atoms with Crippen molar-refractivity contribution in [3.05, 3.63) is 29.6 Å². The second kappa shape index (κ2) is 3.46. The minimum Gasteiger partial charge on any atom is -0.321 e. The molecule has 1 rings (SSSR count). The number of hydrogen-bond donors (Lipinski definition) is 1. The Kier molecular flexibility index (Phi) is 2.71. The third kappa shape index (κ3) is 2.28. The molecule has 0 aromatic carbocycles. The summed E-state index contributed by atoms with van der Waals surface area (Å²) in [5.41, 5.74) is 7.94. The molecule has 1 aromatic rings. The molecular weight excluding hydrogens is 160 g/mol. The van der Waals surface area contributed by atoms with Crippen molar-refractivity contribution in [3.8, 4) is 0 Å². The zero-order chi connectivity index (χ0) is 10.1.